The monoisotopic (exact) mass is 599 g/mol. The van der Waals surface area contributed by atoms with Gasteiger partial charge in [0.1, 0.15) is 16.5 Å². The maximum absolute atomic E-state index is 13.3. The number of nitrogens with zero attached hydrogens (tertiary/aromatic N) is 3. The van der Waals surface area contributed by atoms with E-state index in [0.717, 1.165) is 38.3 Å². The minimum atomic E-state index is -0.481. The summed E-state index contributed by atoms with van der Waals surface area (Å²) >= 11 is 0. The molecule has 5 rings (SSSR count). The third-order valence-electron chi connectivity index (χ3n) is 7.66. The number of morpholine rings is 1. The molecular formula is C34H38FN5O4. The number of ketones is 1. The van der Waals surface area contributed by atoms with Crippen molar-refractivity contribution in [2.45, 2.75) is 58.8 Å². The van der Waals surface area contributed by atoms with E-state index in [4.69, 9.17) is 4.74 Å². The Hall–Kier alpha value is -4.41. The van der Waals surface area contributed by atoms with Crippen LogP contribution in [0.5, 0.6) is 0 Å². The highest BCUT2D eigenvalue weighted by molar-refractivity contribution is 6.09. The summed E-state index contributed by atoms with van der Waals surface area (Å²) in [6.45, 7) is 12.0. The summed E-state index contributed by atoms with van der Waals surface area (Å²) in [6.07, 6.45) is 6.32. The third-order valence-corrected chi connectivity index (χ3v) is 7.66. The number of rotatable bonds is 9. The van der Waals surface area contributed by atoms with Crippen molar-refractivity contribution in [3.8, 4) is 0 Å². The van der Waals surface area contributed by atoms with Crippen LogP contribution in [0.2, 0.25) is 0 Å². The topological polar surface area (TPSA) is 113 Å². The van der Waals surface area contributed by atoms with Crippen molar-refractivity contribution in [3.05, 3.63) is 120 Å². The first-order valence-corrected chi connectivity index (χ1v) is 15.0. The molecule has 9 nitrogen and oxygen atoms in total. The summed E-state index contributed by atoms with van der Waals surface area (Å²) in [4.78, 5) is 51.3. The number of hydrogen-bond acceptors (Lipinski definition) is 6. The van der Waals surface area contributed by atoms with Crippen LogP contribution >= 0.6 is 0 Å². The number of imidazole rings is 1. The Balaban J connectivity index is 1.37. The van der Waals surface area contributed by atoms with Crippen molar-refractivity contribution in [2.24, 2.45) is 0 Å². The zero-order chi connectivity index (χ0) is 31.4. The van der Waals surface area contributed by atoms with Gasteiger partial charge < -0.3 is 19.3 Å². The van der Waals surface area contributed by atoms with Crippen LogP contribution < -0.4 is 21.8 Å². The number of H-pyrrole nitrogens is 2. The number of aromatic nitrogens is 4. The van der Waals surface area contributed by atoms with Gasteiger partial charge in [0.2, 0.25) is 0 Å². The Morgan fingerprint density at radius 1 is 0.977 bits per heavy atom. The van der Waals surface area contributed by atoms with Crippen molar-refractivity contribution >= 4 is 17.9 Å². The zero-order valence-electron chi connectivity index (χ0n) is 25.5. The summed E-state index contributed by atoms with van der Waals surface area (Å²) in [5, 5.41) is 0.163. The first kappa shape index (κ1) is 31.0. The Morgan fingerprint density at radius 2 is 1.64 bits per heavy atom. The molecule has 2 atom stereocenters. The lowest BCUT2D eigenvalue weighted by molar-refractivity contribution is -0.0682. The van der Waals surface area contributed by atoms with Crippen molar-refractivity contribution in [1.82, 2.24) is 24.4 Å². The summed E-state index contributed by atoms with van der Waals surface area (Å²) in [5.41, 5.74) is 1.96. The van der Waals surface area contributed by atoms with Crippen LogP contribution in [0.4, 0.5) is 4.39 Å². The fraction of sp³-hybridized carbons (Fsp3) is 0.353. The predicted molar refractivity (Wildman–Crippen MR) is 168 cm³/mol. The average Bonchev–Trinajstić information content (AvgIpc) is 3.38. The highest BCUT2D eigenvalue weighted by Crippen LogP contribution is 2.20. The molecule has 1 aliphatic rings. The first-order chi connectivity index (χ1) is 21.1. The van der Waals surface area contributed by atoms with E-state index in [-0.39, 0.29) is 34.6 Å². The van der Waals surface area contributed by atoms with Gasteiger partial charge in [-0.1, -0.05) is 32.0 Å². The fourth-order valence-electron chi connectivity index (χ4n) is 5.79. The second kappa shape index (κ2) is 13.5. The summed E-state index contributed by atoms with van der Waals surface area (Å²) < 4.78 is 21.2. The van der Waals surface area contributed by atoms with Gasteiger partial charge in [-0.05, 0) is 74.2 Å². The molecular weight excluding hydrogens is 561 g/mol. The maximum atomic E-state index is 13.3. The van der Waals surface area contributed by atoms with Gasteiger partial charge in [-0.25, -0.2) is 9.37 Å². The quantitative estimate of drug-likeness (QED) is 0.286. The number of halogens is 1. The molecule has 2 N–H and O–H groups in total. The standard InChI is InChI=1S/C34H38FN5O4/c1-21(2)31-28(36-20-40(31)14-6-13-39-18-22(3)44-23(4)19-39)17-30-34(43)37-29(33(42)38-30)16-24-7-5-8-26(15-24)32(41)25-9-11-27(35)12-10-25/h5,7-12,15-17,20-23H,6,13-14,18-19H2,1-4H3,(H,37,43)(H,38,42)/b29-16-,30-17-. The number of benzene rings is 2. The molecule has 10 heteroatoms. The Morgan fingerprint density at radius 3 is 2.30 bits per heavy atom. The molecule has 1 fully saturated rings. The Kier molecular flexibility index (Phi) is 9.51. The molecule has 2 aromatic heterocycles. The van der Waals surface area contributed by atoms with E-state index >= 15 is 0 Å². The number of nitrogens with one attached hydrogen (secondary N) is 2. The van der Waals surface area contributed by atoms with Crippen molar-refractivity contribution in [2.75, 3.05) is 19.6 Å². The minimum Gasteiger partial charge on any atom is -0.373 e. The van der Waals surface area contributed by atoms with Gasteiger partial charge in [-0.3, -0.25) is 19.3 Å². The van der Waals surface area contributed by atoms with E-state index in [0.29, 0.717) is 22.4 Å². The molecule has 1 aliphatic heterocycles. The molecule has 230 valence electrons. The number of carbonyl (C=O) groups excluding carboxylic acids is 1. The highest BCUT2D eigenvalue weighted by atomic mass is 19.1. The molecule has 3 heterocycles. The number of carbonyl (C=O) groups is 1. The van der Waals surface area contributed by atoms with E-state index in [1.807, 2.05) is 0 Å². The van der Waals surface area contributed by atoms with Gasteiger partial charge in [0.25, 0.3) is 11.1 Å². The normalized spacial score (nSPS) is 18.3. The van der Waals surface area contributed by atoms with E-state index in [1.54, 1.807) is 36.7 Å². The second-order valence-corrected chi connectivity index (χ2v) is 11.7. The SMILES string of the molecule is CC1CN(CCCn2cnc(/C=c3\[nH]c(=O)/c(=C/c4cccc(C(=O)c5ccc(F)cc5)c4)[nH]c3=O)c2C(C)C)CC(C)O1. The lowest BCUT2D eigenvalue weighted by Gasteiger charge is -2.35. The van der Waals surface area contributed by atoms with Gasteiger partial charge >= 0.3 is 0 Å². The van der Waals surface area contributed by atoms with Gasteiger partial charge in [0.05, 0.1) is 24.2 Å². The van der Waals surface area contributed by atoms with E-state index < -0.39 is 16.9 Å². The molecule has 0 bridgehead atoms. The predicted octanol–water partition coefficient (Wildman–Crippen LogP) is 2.91. The molecule has 2 unspecified atom stereocenters. The molecule has 44 heavy (non-hydrogen) atoms. The number of ether oxygens (including phenoxy) is 1. The van der Waals surface area contributed by atoms with Crippen LogP contribution in [-0.2, 0) is 11.3 Å². The highest BCUT2D eigenvalue weighted by Gasteiger charge is 2.22. The van der Waals surface area contributed by atoms with Gasteiger partial charge in [0.15, 0.2) is 5.78 Å². The summed E-state index contributed by atoms with van der Waals surface area (Å²) in [7, 11) is 0. The van der Waals surface area contributed by atoms with Crippen LogP contribution in [-0.4, -0.2) is 62.0 Å². The summed E-state index contributed by atoms with van der Waals surface area (Å²) in [5.74, 6) is -0.557. The molecule has 1 saturated heterocycles. The van der Waals surface area contributed by atoms with Crippen LogP contribution in [0.15, 0.2) is 64.4 Å². The number of aromatic amines is 2. The third kappa shape index (κ3) is 7.38. The van der Waals surface area contributed by atoms with Crippen molar-refractivity contribution < 1.29 is 13.9 Å². The van der Waals surface area contributed by atoms with Crippen molar-refractivity contribution in [1.29, 1.82) is 0 Å². The molecule has 0 radical (unpaired) electrons. The number of aryl methyl sites for hydroxylation is 1. The van der Waals surface area contributed by atoms with E-state index in [2.05, 4.69) is 52.1 Å². The van der Waals surface area contributed by atoms with Gasteiger partial charge in [-0.15, -0.1) is 0 Å². The van der Waals surface area contributed by atoms with Crippen LogP contribution in [0.25, 0.3) is 12.2 Å². The molecule has 0 aliphatic carbocycles. The lowest BCUT2D eigenvalue weighted by atomic mass is 10.0. The van der Waals surface area contributed by atoms with Gasteiger partial charge in [0, 0.05) is 43.0 Å². The minimum absolute atomic E-state index is 0.0555. The molecule has 0 amide bonds. The Bertz CT molecular complexity index is 1860. The lowest BCUT2D eigenvalue weighted by Crippen LogP contribution is -2.46. The van der Waals surface area contributed by atoms with Crippen LogP contribution in [0.3, 0.4) is 0 Å². The van der Waals surface area contributed by atoms with E-state index in [9.17, 15) is 18.8 Å². The molecule has 0 spiro atoms. The largest absolute Gasteiger partial charge is 0.373 e. The van der Waals surface area contributed by atoms with Crippen LogP contribution in [0.1, 0.15) is 72.9 Å². The van der Waals surface area contributed by atoms with E-state index in [1.165, 1.54) is 30.3 Å². The summed E-state index contributed by atoms with van der Waals surface area (Å²) in [6, 6.07) is 12.0. The van der Waals surface area contributed by atoms with Crippen molar-refractivity contribution in [3.63, 3.8) is 0 Å². The molecule has 2 aromatic carbocycles. The van der Waals surface area contributed by atoms with Gasteiger partial charge in [-0.2, -0.15) is 0 Å². The fourth-order valence-corrected chi connectivity index (χ4v) is 5.79. The molecule has 4 aromatic rings. The second-order valence-electron chi connectivity index (χ2n) is 11.7. The zero-order valence-corrected chi connectivity index (χ0v) is 25.5. The first-order valence-electron chi connectivity index (χ1n) is 15.0. The average molecular weight is 600 g/mol. The maximum Gasteiger partial charge on any atom is 0.272 e. The molecule has 0 saturated carbocycles. The smallest absolute Gasteiger partial charge is 0.272 e. The Labute approximate surface area is 254 Å². The number of hydrogen-bond donors (Lipinski definition) is 2. The van der Waals surface area contributed by atoms with Crippen LogP contribution in [0, 0.1) is 5.82 Å².